The zero-order valence-electron chi connectivity index (χ0n) is 8.56. The monoisotopic (exact) mass is 210 g/mol. The van der Waals surface area contributed by atoms with E-state index in [-0.39, 0.29) is 11.9 Å². The number of hydrogen-bond acceptors (Lipinski definition) is 4. The summed E-state index contributed by atoms with van der Waals surface area (Å²) in [7, 11) is 1.75. The van der Waals surface area contributed by atoms with Crippen LogP contribution in [0.25, 0.3) is 0 Å². The number of nitrogens with one attached hydrogen (secondary N) is 1. The van der Waals surface area contributed by atoms with E-state index in [0.717, 1.165) is 6.42 Å². The molecule has 0 bridgehead atoms. The Labute approximate surface area is 87.4 Å². The Balaban J connectivity index is 2.10. The molecule has 1 aromatic rings. The van der Waals surface area contributed by atoms with Crippen molar-refractivity contribution in [3.63, 3.8) is 0 Å². The molecule has 0 saturated carbocycles. The van der Waals surface area contributed by atoms with Crippen LogP contribution >= 0.6 is 0 Å². The van der Waals surface area contributed by atoms with Crippen LogP contribution in [0.5, 0.6) is 0 Å². The van der Waals surface area contributed by atoms with E-state index < -0.39 is 0 Å². The van der Waals surface area contributed by atoms with E-state index in [1.165, 1.54) is 6.20 Å². The van der Waals surface area contributed by atoms with Crippen LogP contribution in [0.4, 0.5) is 5.69 Å². The molecule has 0 aliphatic carbocycles. The van der Waals surface area contributed by atoms with Gasteiger partial charge in [-0.1, -0.05) is 0 Å². The number of rotatable bonds is 2. The van der Waals surface area contributed by atoms with Gasteiger partial charge in [0.1, 0.15) is 5.69 Å². The van der Waals surface area contributed by atoms with E-state index in [0.29, 0.717) is 24.6 Å². The highest BCUT2D eigenvalue weighted by Gasteiger charge is 2.26. The molecule has 0 radical (unpaired) electrons. The minimum atomic E-state index is -0.138. The predicted octanol–water partition coefficient (Wildman–Crippen LogP) is -0.147. The quantitative estimate of drug-likeness (QED) is 0.711. The molecule has 1 amide bonds. The topological polar surface area (TPSA) is 84.2 Å². The number of H-pyrrole nitrogens is 1. The first-order chi connectivity index (χ1) is 7.20. The van der Waals surface area contributed by atoms with Gasteiger partial charge in [-0.25, -0.2) is 0 Å². The maximum Gasteiger partial charge on any atom is 0.274 e. The molecule has 1 saturated heterocycles. The van der Waals surface area contributed by atoms with Gasteiger partial charge in [-0.3, -0.25) is 9.89 Å². The lowest BCUT2D eigenvalue weighted by Gasteiger charge is -2.22. The summed E-state index contributed by atoms with van der Waals surface area (Å²) < 4.78 is 5.23. The number of nitrogens with two attached hydrogens (primary N) is 1. The van der Waals surface area contributed by atoms with Crippen molar-refractivity contribution in [3.8, 4) is 0 Å². The number of anilines is 1. The highest BCUT2D eigenvalue weighted by molar-refractivity contribution is 5.97. The summed E-state index contributed by atoms with van der Waals surface area (Å²) in [5, 5.41) is 6.33. The molecule has 6 nitrogen and oxygen atoms in total. The van der Waals surface area contributed by atoms with Crippen molar-refractivity contribution in [2.75, 3.05) is 26.0 Å². The summed E-state index contributed by atoms with van der Waals surface area (Å²) in [5.74, 6) is -0.138. The summed E-state index contributed by atoms with van der Waals surface area (Å²) in [6.45, 7) is 1.30. The molecule has 2 heterocycles. The van der Waals surface area contributed by atoms with Gasteiger partial charge in [0.05, 0.1) is 24.5 Å². The van der Waals surface area contributed by atoms with E-state index in [2.05, 4.69) is 10.2 Å². The number of ether oxygens (including phenoxy) is 1. The summed E-state index contributed by atoms with van der Waals surface area (Å²) in [6, 6.07) is 0.139. The maximum atomic E-state index is 11.9. The van der Waals surface area contributed by atoms with E-state index in [9.17, 15) is 4.79 Å². The molecule has 1 fully saturated rings. The molecule has 2 rings (SSSR count). The Morgan fingerprint density at radius 1 is 1.80 bits per heavy atom. The molecule has 15 heavy (non-hydrogen) atoms. The Kier molecular flexibility index (Phi) is 2.59. The van der Waals surface area contributed by atoms with Crippen LogP contribution in [0.1, 0.15) is 16.9 Å². The molecule has 1 aliphatic heterocycles. The normalized spacial score (nSPS) is 20.5. The highest BCUT2D eigenvalue weighted by atomic mass is 16.5. The van der Waals surface area contributed by atoms with Crippen molar-refractivity contribution in [1.82, 2.24) is 15.1 Å². The number of nitrogens with zero attached hydrogens (tertiary/aromatic N) is 2. The molecular formula is C9H14N4O2. The fourth-order valence-electron chi connectivity index (χ4n) is 1.64. The van der Waals surface area contributed by atoms with Crippen LogP contribution in [-0.2, 0) is 4.74 Å². The zero-order chi connectivity index (χ0) is 10.8. The number of carbonyl (C=O) groups excluding carboxylic acids is 1. The van der Waals surface area contributed by atoms with Crippen LogP contribution < -0.4 is 5.73 Å². The first kappa shape index (κ1) is 9.97. The largest absolute Gasteiger partial charge is 0.396 e. The molecule has 3 N–H and O–H groups in total. The second kappa shape index (κ2) is 3.90. The first-order valence-electron chi connectivity index (χ1n) is 4.84. The van der Waals surface area contributed by atoms with Crippen LogP contribution in [0, 0.1) is 0 Å². The number of hydrogen-bond donors (Lipinski definition) is 2. The number of carbonyl (C=O) groups is 1. The standard InChI is InChI=1S/C9H14N4O2/c1-13(6-2-3-15-5-6)9(14)8-7(10)4-11-12-8/h4,6H,2-3,5,10H2,1H3,(H,11,12). The third-order valence-corrected chi connectivity index (χ3v) is 2.66. The lowest BCUT2D eigenvalue weighted by Crippen LogP contribution is -2.37. The van der Waals surface area contributed by atoms with Crippen molar-refractivity contribution >= 4 is 11.6 Å². The first-order valence-corrected chi connectivity index (χ1v) is 4.84. The molecule has 0 spiro atoms. The average Bonchev–Trinajstić information content (AvgIpc) is 2.85. The molecule has 1 unspecified atom stereocenters. The van der Waals surface area contributed by atoms with Crippen LogP contribution in [0.3, 0.4) is 0 Å². The van der Waals surface area contributed by atoms with E-state index in [4.69, 9.17) is 10.5 Å². The second-order valence-electron chi connectivity index (χ2n) is 3.63. The third-order valence-electron chi connectivity index (χ3n) is 2.66. The van der Waals surface area contributed by atoms with Gasteiger partial charge >= 0.3 is 0 Å². The minimum Gasteiger partial charge on any atom is -0.396 e. The number of aromatic amines is 1. The maximum absolute atomic E-state index is 11.9. The van der Waals surface area contributed by atoms with Crippen molar-refractivity contribution in [2.24, 2.45) is 0 Å². The summed E-state index contributed by atoms with van der Waals surface area (Å²) in [5.41, 5.74) is 6.34. The number of amides is 1. The number of aromatic nitrogens is 2. The molecule has 0 aromatic carbocycles. The van der Waals surface area contributed by atoms with Gasteiger partial charge in [0.2, 0.25) is 0 Å². The van der Waals surface area contributed by atoms with Crippen molar-refractivity contribution in [2.45, 2.75) is 12.5 Å². The third kappa shape index (κ3) is 1.80. The highest BCUT2D eigenvalue weighted by Crippen LogP contribution is 2.15. The van der Waals surface area contributed by atoms with Gasteiger partial charge in [0.25, 0.3) is 5.91 Å². The summed E-state index contributed by atoms with van der Waals surface area (Å²) >= 11 is 0. The van der Waals surface area contributed by atoms with Crippen molar-refractivity contribution < 1.29 is 9.53 Å². The number of nitrogen functional groups attached to an aromatic ring is 1. The van der Waals surface area contributed by atoms with E-state index in [1.54, 1.807) is 11.9 Å². The minimum absolute atomic E-state index is 0.138. The Morgan fingerprint density at radius 2 is 2.60 bits per heavy atom. The molecule has 82 valence electrons. The van der Waals surface area contributed by atoms with Crippen LogP contribution in [0.15, 0.2) is 6.20 Å². The van der Waals surface area contributed by atoms with Crippen LogP contribution in [-0.4, -0.2) is 47.3 Å². The summed E-state index contributed by atoms with van der Waals surface area (Å²) in [6.07, 6.45) is 2.31. The lowest BCUT2D eigenvalue weighted by molar-refractivity contribution is 0.0706. The molecule has 6 heteroatoms. The Morgan fingerprint density at radius 3 is 3.13 bits per heavy atom. The fourth-order valence-corrected chi connectivity index (χ4v) is 1.64. The zero-order valence-corrected chi connectivity index (χ0v) is 8.56. The van der Waals surface area contributed by atoms with Gasteiger partial charge in [-0.2, -0.15) is 5.10 Å². The fraction of sp³-hybridized carbons (Fsp3) is 0.556. The molecular weight excluding hydrogens is 196 g/mol. The van der Waals surface area contributed by atoms with Gasteiger partial charge in [-0.15, -0.1) is 0 Å². The van der Waals surface area contributed by atoms with Gasteiger partial charge in [0, 0.05) is 13.7 Å². The van der Waals surface area contributed by atoms with Crippen LogP contribution in [0.2, 0.25) is 0 Å². The van der Waals surface area contributed by atoms with Gasteiger partial charge in [0.15, 0.2) is 0 Å². The predicted molar refractivity (Wildman–Crippen MR) is 54.3 cm³/mol. The molecule has 1 atom stereocenters. The lowest BCUT2D eigenvalue weighted by atomic mass is 10.2. The van der Waals surface area contributed by atoms with E-state index in [1.807, 2.05) is 0 Å². The second-order valence-corrected chi connectivity index (χ2v) is 3.63. The Hall–Kier alpha value is -1.56. The van der Waals surface area contributed by atoms with Gasteiger partial charge in [-0.05, 0) is 6.42 Å². The number of likely N-dealkylation sites (N-methyl/N-ethyl adjacent to an activating group) is 1. The SMILES string of the molecule is CN(C(=O)c1[nH]ncc1N)C1CCOC1. The molecule has 1 aromatic heterocycles. The Bertz CT molecular complexity index is 357. The van der Waals surface area contributed by atoms with E-state index >= 15 is 0 Å². The average molecular weight is 210 g/mol. The van der Waals surface area contributed by atoms with Crippen molar-refractivity contribution in [1.29, 1.82) is 0 Å². The van der Waals surface area contributed by atoms with Gasteiger partial charge < -0.3 is 15.4 Å². The summed E-state index contributed by atoms with van der Waals surface area (Å²) in [4.78, 5) is 13.6. The molecule has 1 aliphatic rings. The smallest absolute Gasteiger partial charge is 0.274 e. The van der Waals surface area contributed by atoms with Crippen molar-refractivity contribution in [3.05, 3.63) is 11.9 Å².